The summed E-state index contributed by atoms with van der Waals surface area (Å²) < 4.78 is 5.85. The van der Waals surface area contributed by atoms with Crippen molar-refractivity contribution in [2.45, 2.75) is 43.9 Å². The molecule has 1 aromatic heterocycles. The Labute approximate surface area is 96.0 Å². The van der Waals surface area contributed by atoms with Crippen LogP contribution in [0.25, 0.3) is 0 Å². The monoisotopic (exact) mass is 218 g/mol. The molecule has 2 N–H and O–H groups in total. The van der Waals surface area contributed by atoms with Gasteiger partial charge in [0.25, 0.3) is 0 Å². The number of ether oxygens (including phenoxy) is 1. The van der Waals surface area contributed by atoms with Gasteiger partial charge in [0, 0.05) is 24.4 Å². The maximum Gasteiger partial charge on any atom is 0.0623 e. The molecular weight excluding hydrogens is 200 g/mol. The Bertz CT molecular complexity index is 354. The van der Waals surface area contributed by atoms with Crippen molar-refractivity contribution in [2.24, 2.45) is 11.7 Å². The second kappa shape index (κ2) is 4.15. The fourth-order valence-electron chi connectivity index (χ4n) is 3.07. The van der Waals surface area contributed by atoms with E-state index in [1.54, 1.807) is 6.20 Å². The highest BCUT2D eigenvalue weighted by Gasteiger charge is 2.43. The van der Waals surface area contributed by atoms with Crippen LogP contribution in [-0.4, -0.2) is 23.2 Å². The molecule has 3 rings (SSSR count). The molecule has 0 spiro atoms. The number of hydrogen-bond donors (Lipinski definition) is 1. The summed E-state index contributed by atoms with van der Waals surface area (Å²) in [5, 5.41) is 0. The molecule has 1 aromatic rings. The first kappa shape index (κ1) is 10.2. The third kappa shape index (κ3) is 1.85. The molecule has 2 aliphatic rings. The van der Waals surface area contributed by atoms with Gasteiger partial charge in [-0.3, -0.25) is 4.98 Å². The van der Waals surface area contributed by atoms with E-state index in [1.165, 1.54) is 18.4 Å². The van der Waals surface area contributed by atoms with Gasteiger partial charge in [-0.05, 0) is 37.3 Å². The molecule has 2 bridgehead atoms. The first-order valence-electron chi connectivity index (χ1n) is 6.13. The minimum atomic E-state index is 0.222. The van der Waals surface area contributed by atoms with Gasteiger partial charge in [-0.15, -0.1) is 0 Å². The summed E-state index contributed by atoms with van der Waals surface area (Å²) in [5.41, 5.74) is 7.52. The number of aromatic nitrogens is 1. The largest absolute Gasteiger partial charge is 0.375 e. The summed E-state index contributed by atoms with van der Waals surface area (Å²) in [4.78, 5) is 4.13. The van der Waals surface area contributed by atoms with Gasteiger partial charge in [-0.1, -0.05) is 6.07 Å². The van der Waals surface area contributed by atoms with Crippen molar-refractivity contribution in [2.75, 3.05) is 0 Å². The van der Waals surface area contributed by atoms with E-state index in [-0.39, 0.29) is 6.04 Å². The van der Waals surface area contributed by atoms with Crippen LogP contribution in [0.1, 0.15) is 24.8 Å². The fourth-order valence-corrected chi connectivity index (χ4v) is 3.07. The lowest BCUT2D eigenvalue weighted by Crippen LogP contribution is -2.37. The molecule has 16 heavy (non-hydrogen) atoms. The summed E-state index contributed by atoms with van der Waals surface area (Å²) in [6.07, 6.45) is 9.16. The zero-order chi connectivity index (χ0) is 11.0. The quantitative estimate of drug-likeness (QED) is 0.836. The van der Waals surface area contributed by atoms with Gasteiger partial charge in [-0.25, -0.2) is 0 Å². The first-order valence-corrected chi connectivity index (χ1v) is 6.13. The maximum absolute atomic E-state index is 6.29. The number of rotatable bonds is 3. The second-order valence-electron chi connectivity index (χ2n) is 5.00. The molecule has 3 nitrogen and oxygen atoms in total. The number of pyridine rings is 1. The van der Waals surface area contributed by atoms with E-state index < -0.39 is 0 Å². The third-order valence-electron chi connectivity index (χ3n) is 3.90. The molecule has 2 aliphatic heterocycles. The highest BCUT2D eigenvalue weighted by atomic mass is 16.5. The summed E-state index contributed by atoms with van der Waals surface area (Å²) in [7, 11) is 0. The van der Waals surface area contributed by atoms with E-state index in [4.69, 9.17) is 10.5 Å². The van der Waals surface area contributed by atoms with Crippen molar-refractivity contribution >= 4 is 0 Å². The minimum Gasteiger partial charge on any atom is -0.375 e. The summed E-state index contributed by atoms with van der Waals surface area (Å²) in [6.45, 7) is 0. The molecule has 86 valence electrons. The van der Waals surface area contributed by atoms with Gasteiger partial charge in [0.2, 0.25) is 0 Å². The van der Waals surface area contributed by atoms with Crippen LogP contribution in [0.15, 0.2) is 24.5 Å². The molecular formula is C13H18N2O. The average molecular weight is 218 g/mol. The van der Waals surface area contributed by atoms with Gasteiger partial charge in [-0.2, -0.15) is 0 Å². The molecule has 4 atom stereocenters. The zero-order valence-electron chi connectivity index (χ0n) is 9.38. The van der Waals surface area contributed by atoms with Crippen LogP contribution < -0.4 is 5.73 Å². The van der Waals surface area contributed by atoms with E-state index in [0.717, 1.165) is 12.8 Å². The Kier molecular flexibility index (Phi) is 2.65. The van der Waals surface area contributed by atoms with Gasteiger partial charge in [0.05, 0.1) is 12.2 Å². The average Bonchev–Trinajstić information content (AvgIpc) is 2.92. The van der Waals surface area contributed by atoms with Crippen molar-refractivity contribution in [3.8, 4) is 0 Å². The van der Waals surface area contributed by atoms with Crippen molar-refractivity contribution in [1.82, 2.24) is 4.98 Å². The van der Waals surface area contributed by atoms with Gasteiger partial charge >= 0.3 is 0 Å². The van der Waals surface area contributed by atoms with E-state index >= 15 is 0 Å². The van der Waals surface area contributed by atoms with Crippen molar-refractivity contribution in [3.63, 3.8) is 0 Å². The fraction of sp³-hybridized carbons (Fsp3) is 0.615. The molecule has 3 heterocycles. The number of nitrogens with zero attached hydrogens (tertiary/aromatic N) is 1. The third-order valence-corrected chi connectivity index (χ3v) is 3.90. The van der Waals surface area contributed by atoms with Crippen LogP contribution >= 0.6 is 0 Å². The summed E-state index contributed by atoms with van der Waals surface area (Å²) in [5.74, 6) is 0.555. The van der Waals surface area contributed by atoms with Crippen molar-refractivity contribution in [1.29, 1.82) is 0 Å². The van der Waals surface area contributed by atoms with Crippen LogP contribution in [0.2, 0.25) is 0 Å². The molecule has 4 unspecified atom stereocenters. The lowest BCUT2D eigenvalue weighted by molar-refractivity contribution is 0.0885. The van der Waals surface area contributed by atoms with Crippen LogP contribution in [0.4, 0.5) is 0 Å². The Morgan fingerprint density at radius 2 is 2.44 bits per heavy atom. The smallest absolute Gasteiger partial charge is 0.0623 e. The van der Waals surface area contributed by atoms with E-state index in [9.17, 15) is 0 Å². The van der Waals surface area contributed by atoms with Crippen LogP contribution in [0.5, 0.6) is 0 Å². The van der Waals surface area contributed by atoms with Crippen molar-refractivity contribution in [3.05, 3.63) is 30.1 Å². The molecule has 2 saturated heterocycles. The highest BCUT2D eigenvalue weighted by molar-refractivity contribution is 5.11. The topological polar surface area (TPSA) is 48.1 Å². The van der Waals surface area contributed by atoms with Crippen LogP contribution in [0, 0.1) is 5.92 Å². The van der Waals surface area contributed by atoms with Gasteiger partial charge < -0.3 is 10.5 Å². The summed E-state index contributed by atoms with van der Waals surface area (Å²) >= 11 is 0. The molecule has 0 saturated carbocycles. The molecule has 0 aliphatic carbocycles. The standard InChI is InChI=1S/C13H18N2O/c14-12(6-9-2-1-5-15-8-9)11-7-10-3-4-13(11)16-10/h1-2,5,8,10-13H,3-4,6-7,14H2. The molecule has 0 amide bonds. The number of fused-ring (bicyclic) bond motifs is 2. The minimum absolute atomic E-state index is 0.222. The molecule has 2 fully saturated rings. The van der Waals surface area contributed by atoms with Gasteiger partial charge in [0.15, 0.2) is 0 Å². The van der Waals surface area contributed by atoms with Gasteiger partial charge in [0.1, 0.15) is 0 Å². The van der Waals surface area contributed by atoms with E-state index in [1.807, 2.05) is 12.3 Å². The van der Waals surface area contributed by atoms with Crippen LogP contribution in [-0.2, 0) is 11.2 Å². The lowest BCUT2D eigenvalue weighted by Gasteiger charge is -2.25. The SMILES string of the molecule is NC(Cc1cccnc1)C1CC2CCC1O2. The second-order valence-corrected chi connectivity index (χ2v) is 5.00. The van der Waals surface area contributed by atoms with Crippen molar-refractivity contribution < 1.29 is 4.74 Å². The molecule has 0 aromatic carbocycles. The Hall–Kier alpha value is -0.930. The number of nitrogens with two attached hydrogens (primary N) is 1. The van der Waals surface area contributed by atoms with Crippen LogP contribution in [0.3, 0.4) is 0 Å². The Morgan fingerprint density at radius 1 is 1.50 bits per heavy atom. The maximum atomic E-state index is 6.29. The predicted molar refractivity (Wildman–Crippen MR) is 61.9 cm³/mol. The predicted octanol–water partition coefficient (Wildman–Crippen LogP) is 1.52. The van der Waals surface area contributed by atoms with E-state index in [2.05, 4.69) is 11.1 Å². The van der Waals surface area contributed by atoms with E-state index in [0.29, 0.717) is 18.1 Å². The highest BCUT2D eigenvalue weighted by Crippen LogP contribution is 2.40. The zero-order valence-corrected chi connectivity index (χ0v) is 9.38. The first-order chi connectivity index (χ1) is 7.83. The molecule has 3 heteroatoms. The summed E-state index contributed by atoms with van der Waals surface area (Å²) in [6, 6.07) is 4.29. The lowest BCUT2D eigenvalue weighted by atomic mass is 9.82. The molecule has 0 radical (unpaired) electrons. The Balaban J connectivity index is 1.64. The normalized spacial score (nSPS) is 34.2. The Morgan fingerprint density at radius 3 is 3.06 bits per heavy atom. The number of hydrogen-bond acceptors (Lipinski definition) is 3.